The Balaban J connectivity index is 0.000000204. The predicted molar refractivity (Wildman–Crippen MR) is 283 cm³/mol. The van der Waals surface area contributed by atoms with Crippen molar-refractivity contribution in [3.8, 4) is 11.8 Å². The average molecular weight is 991 g/mol. The van der Waals surface area contributed by atoms with Crippen molar-refractivity contribution in [2.75, 3.05) is 41.5 Å². The lowest BCUT2D eigenvalue weighted by Gasteiger charge is -2.31. The molecule has 0 spiro atoms. The SMILES string of the molecule is COC(=O)C(C)C(c1ccc2c(c1)CN(C(=O)c1ccc(C)c(C)c1)CC2)c1cnc(OC)cc1C.COC(=O)C(C)C(c1ccc2c(c1)CNCC2)c1cnc(OC)cc1C.Cc1ccc(C(=O)O)cc1C. The number of carbonyl (C=O) groups excluding carboxylic acids is 3. The molecule has 2 N–H and O–H groups in total. The summed E-state index contributed by atoms with van der Waals surface area (Å²) in [5, 5.41) is 12.0. The lowest BCUT2D eigenvalue weighted by atomic mass is 9.79. The van der Waals surface area contributed by atoms with Crippen molar-refractivity contribution >= 4 is 23.8 Å². The summed E-state index contributed by atoms with van der Waals surface area (Å²) in [6, 6.07) is 27.7. The maximum atomic E-state index is 13.3. The van der Waals surface area contributed by atoms with E-state index in [-0.39, 0.29) is 35.6 Å². The number of benzene rings is 4. The van der Waals surface area contributed by atoms with Gasteiger partial charge >= 0.3 is 17.9 Å². The third-order valence-electron chi connectivity index (χ3n) is 14.4. The van der Waals surface area contributed by atoms with Crippen LogP contribution in [-0.2, 0) is 45.0 Å². The molecule has 73 heavy (non-hydrogen) atoms. The van der Waals surface area contributed by atoms with E-state index in [4.69, 9.17) is 24.1 Å². The van der Waals surface area contributed by atoms with Gasteiger partial charge in [-0.3, -0.25) is 14.4 Å². The summed E-state index contributed by atoms with van der Waals surface area (Å²) in [7, 11) is 6.04. The number of amides is 1. The van der Waals surface area contributed by atoms with Crippen LogP contribution >= 0.6 is 0 Å². The number of ether oxygens (including phenoxy) is 4. The van der Waals surface area contributed by atoms with Crippen molar-refractivity contribution in [3.05, 3.63) is 186 Å². The number of nitrogens with one attached hydrogen (secondary N) is 1. The lowest BCUT2D eigenvalue weighted by molar-refractivity contribution is -0.146. The molecule has 13 heteroatoms. The zero-order chi connectivity index (χ0) is 53.1. The fourth-order valence-corrected chi connectivity index (χ4v) is 9.64. The maximum absolute atomic E-state index is 13.3. The molecule has 2 aliphatic heterocycles. The largest absolute Gasteiger partial charge is 0.481 e. The zero-order valence-corrected chi connectivity index (χ0v) is 44.3. The third kappa shape index (κ3) is 13.2. The minimum atomic E-state index is -0.867. The molecular formula is C60H70N4O9. The molecule has 0 radical (unpaired) electrons. The minimum absolute atomic E-state index is 0.0452. The number of hydrogen-bond acceptors (Lipinski definition) is 11. The van der Waals surface area contributed by atoms with E-state index >= 15 is 0 Å². The van der Waals surface area contributed by atoms with Gasteiger partial charge in [-0.2, -0.15) is 0 Å². The van der Waals surface area contributed by atoms with Crippen LogP contribution < -0.4 is 14.8 Å². The van der Waals surface area contributed by atoms with Crippen LogP contribution in [0.4, 0.5) is 0 Å². The second-order valence-electron chi connectivity index (χ2n) is 19.1. The Hall–Kier alpha value is -7.38. The van der Waals surface area contributed by atoms with Crippen molar-refractivity contribution in [3.63, 3.8) is 0 Å². The quantitative estimate of drug-likeness (QED) is 0.112. The number of nitrogens with zero attached hydrogens (tertiary/aromatic N) is 3. The lowest BCUT2D eigenvalue weighted by Crippen LogP contribution is -2.36. The van der Waals surface area contributed by atoms with Gasteiger partial charge in [0.15, 0.2) is 0 Å². The van der Waals surface area contributed by atoms with Gasteiger partial charge in [-0.15, -0.1) is 0 Å². The van der Waals surface area contributed by atoms with Gasteiger partial charge in [0.1, 0.15) is 0 Å². The van der Waals surface area contributed by atoms with Gasteiger partial charge in [0.25, 0.3) is 5.91 Å². The molecule has 8 rings (SSSR count). The molecule has 0 fully saturated rings. The van der Waals surface area contributed by atoms with Gasteiger partial charge in [-0.05, 0) is 163 Å². The number of esters is 2. The summed E-state index contributed by atoms with van der Waals surface area (Å²) >= 11 is 0. The van der Waals surface area contributed by atoms with Gasteiger partial charge in [0.2, 0.25) is 11.8 Å². The number of carbonyl (C=O) groups is 4. The second kappa shape index (κ2) is 24.8. The first-order valence-electron chi connectivity index (χ1n) is 24.7. The molecule has 13 nitrogen and oxygen atoms in total. The third-order valence-corrected chi connectivity index (χ3v) is 14.4. The van der Waals surface area contributed by atoms with Gasteiger partial charge in [0.05, 0.1) is 45.8 Å². The van der Waals surface area contributed by atoms with Crippen LogP contribution in [0.25, 0.3) is 0 Å². The average Bonchev–Trinajstić information content (AvgIpc) is 3.40. The summed E-state index contributed by atoms with van der Waals surface area (Å²) in [5.41, 5.74) is 16.6. The number of carboxylic acid groups (broad SMARTS) is 1. The standard InChI is InChI=1S/C30H34N2O4.C21H26N2O3.C9H10O2/c1-18-7-8-24(13-19(18)2)29(33)32-12-11-22-9-10-23(15-25(22)17-32)28(21(4)30(34)36-6)26-16-31-27(35-5)14-20(26)3;1-13-9-19(25-3)23-12-18(13)20(14(2)21(24)26-4)16-6-5-15-7-8-22-11-17(15)10-16;1-6-3-4-8(9(10)11)5-7(6)2/h7-10,13-16,21,28H,11-12,17H2,1-6H3;5-6,9-10,12,14,20,22H,7-8,11H2,1-4H3;3-5H,1-2H3,(H,10,11). The molecule has 1 amide bonds. The Morgan fingerprint density at radius 3 is 1.51 bits per heavy atom. The highest BCUT2D eigenvalue weighted by Crippen LogP contribution is 2.38. The van der Waals surface area contributed by atoms with Crippen molar-refractivity contribution in [1.29, 1.82) is 0 Å². The Morgan fingerprint density at radius 1 is 0.562 bits per heavy atom. The van der Waals surface area contributed by atoms with Crippen LogP contribution in [-0.4, -0.2) is 85.3 Å². The van der Waals surface area contributed by atoms with Gasteiger partial charge in [0, 0.05) is 61.6 Å². The molecule has 4 unspecified atom stereocenters. The summed E-state index contributed by atoms with van der Waals surface area (Å²) in [6.07, 6.45) is 5.44. The van der Waals surface area contributed by atoms with E-state index in [1.165, 1.54) is 36.5 Å². The van der Waals surface area contributed by atoms with Gasteiger partial charge in [-0.25, -0.2) is 14.8 Å². The smallest absolute Gasteiger partial charge is 0.335 e. The molecule has 0 saturated carbocycles. The fraction of sp³-hybridized carbons (Fsp3) is 0.367. The van der Waals surface area contributed by atoms with Crippen LogP contribution in [0.15, 0.2) is 97.3 Å². The van der Waals surface area contributed by atoms with E-state index in [1.807, 2.05) is 103 Å². The Bertz CT molecular complexity index is 2970. The van der Waals surface area contributed by atoms with E-state index in [9.17, 15) is 19.2 Å². The molecule has 0 saturated heterocycles. The predicted octanol–water partition coefficient (Wildman–Crippen LogP) is 10.1. The number of aromatic nitrogens is 2. The van der Waals surface area contributed by atoms with E-state index in [2.05, 4.69) is 51.7 Å². The van der Waals surface area contributed by atoms with Crippen LogP contribution in [0.5, 0.6) is 11.8 Å². The normalized spacial score (nSPS) is 14.2. The summed E-state index contributed by atoms with van der Waals surface area (Å²) in [4.78, 5) is 59.5. The molecule has 4 heterocycles. The zero-order valence-electron chi connectivity index (χ0n) is 44.3. The molecule has 2 aliphatic rings. The number of hydrogen-bond donors (Lipinski definition) is 2. The number of carboxylic acids is 1. The molecular weight excluding hydrogens is 921 g/mol. The van der Waals surface area contributed by atoms with Crippen molar-refractivity contribution < 1.29 is 43.2 Å². The number of aryl methyl sites for hydroxylation is 6. The highest BCUT2D eigenvalue weighted by Gasteiger charge is 2.32. The molecule has 2 aromatic heterocycles. The van der Waals surface area contributed by atoms with Crippen LogP contribution in [0.2, 0.25) is 0 Å². The number of aromatic carboxylic acids is 1. The summed E-state index contributed by atoms with van der Waals surface area (Å²) < 4.78 is 20.7. The maximum Gasteiger partial charge on any atom is 0.335 e. The Labute approximate surface area is 430 Å². The first-order valence-corrected chi connectivity index (χ1v) is 24.7. The minimum Gasteiger partial charge on any atom is -0.481 e. The topological polar surface area (TPSA) is 166 Å². The molecule has 4 aromatic carbocycles. The van der Waals surface area contributed by atoms with Gasteiger partial charge in [-0.1, -0.05) is 62.4 Å². The number of fused-ring (bicyclic) bond motifs is 2. The van der Waals surface area contributed by atoms with E-state index in [1.54, 1.807) is 32.5 Å². The van der Waals surface area contributed by atoms with Gasteiger partial charge < -0.3 is 34.3 Å². The van der Waals surface area contributed by atoms with E-state index in [0.717, 1.165) is 87.1 Å². The number of rotatable bonds is 12. The molecule has 4 atom stereocenters. The van der Waals surface area contributed by atoms with Crippen molar-refractivity contribution in [1.82, 2.24) is 20.2 Å². The Kier molecular flexibility index (Phi) is 18.7. The fourth-order valence-electron chi connectivity index (χ4n) is 9.64. The van der Waals surface area contributed by atoms with Crippen molar-refractivity contribution in [2.24, 2.45) is 11.8 Å². The van der Waals surface area contributed by atoms with E-state index in [0.29, 0.717) is 30.4 Å². The highest BCUT2D eigenvalue weighted by atomic mass is 16.5. The van der Waals surface area contributed by atoms with Crippen LogP contribution in [0, 0.1) is 53.4 Å². The van der Waals surface area contributed by atoms with Crippen LogP contribution in [0.1, 0.15) is 124 Å². The number of pyridine rings is 2. The number of methoxy groups -OCH3 is 4. The monoisotopic (exact) mass is 991 g/mol. The van der Waals surface area contributed by atoms with Crippen LogP contribution in [0.3, 0.4) is 0 Å². The molecule has 6 aromatic rings. The summed E-state index contributed by atoms with van der Waals surface area (Å²) in [5.74, 6) is -1.31. The summed E-state index contributed by atoms with van der Waals surface area (Å²) in [6.45, 7) is 18.9. The molecule has 384 valence electrons. The first kappa shape index (κ1) is 54.9. The molecule has 0 aliphatic carbocycles. The first-order chi connectivity index (χ1) is 34.9. The second-order valence-corrected chi connectivity index (χ2v) is 19.1. The highest BCUT2D eigenvalue weighted by molar-refractivity contribution is 5.94. The molecule has 0 bridgehead atoms. The van der Waals surface area contributed by atoms with E-state index < -0.39 is 11.9 Å². The van der Waals surface area contributed by atoms with Crippen molar-refractivity contribution in [2.45, 2.75) is 93.2 Å². The Morgan fingerprint density at radius 2 is 1.04 bits per heavy atom.